The molecule has 0 aliphatic heterocycles. The van der Waals surface area contributed by atoms with Crippen molar-refractivity contribution in [2.24, 2.45) is 7.05 Å². The smallest absolute Gasteiger partial charge is 0.152 e. The van der Waals surface area contributed by atoms with Gasteiger partial charge < -0.3 is 5.32 Å². The summed E-state index contributed by atoms with van der Waals surface area (Å²) in [6, 6.07) is 4.07. The number of hydrogen-bond acceptors (Lipinski definition) is 4. The Morgan fingerprint density at radius 2 is 2.10 bits per heavy atom. The third-order valence-corrected chi connectivity index (χ3v) is 3.21. The molecular weight excluding hydrogens is 252 g/mol. The number of rotatable bonds is 4. The van der Waals surface area contributed by atoms with Crippen molar-refractivity contribution in [3.63, 3.8) is 0 Å². The third kappa shape index (κ3) is 2.36. The lowest BCUT2D eigenvalue weighted by Gasteiger charge is -2.04. The highest BCUT2D eigenvalue weighted by atomic mass is 15.3. The van der Waals surface area contributed by atoms with Crippen LogP contribution in [-0.2, 0) is 13.6 Å². The number of fused-ring (bicyclic) bond motifs is 1. The highest BCUT2D eigenvalue weighted by Gasteiger charge is 2.09. The molecule has 3 aromatic rings. The van der Waals surface area contributed by atoms with Crippen molar-refractivity contribution < 1.29 is 0 Å². The van der Waals surface area contributed by atoms with Crippen LogP contribution in [0.5, 0.6) is 0 Å². The Morgan fingerprint density at radius 1 is 1.25 bits per heavy atom. The maximum atomic E-state index is 4.55. The minimum Gasteiger partial charge on any atom is -0.363 e. The summed E-state index contributed by atoms with van der Waals surface area (Å²) < 4.78 is 3.66. The maximum absolute atomic E-state index is 4.55. The summed E-state index contributed by atoms with van der Waals surface area (Å²) in [5, 5.41) is 12.2. The van der Waals surface area contributed by atoms with E-state index in [4.69, 9.17) is 0 Å². The molecule has 104 valence electrons. The van der Waals surface area contributed by atoms with Crippen LogP contribution in [0.1, 0.15) is 31.2 Å². The minimum absolute atomic E-state index is 0.401. The van der Waals surface area contributed by atoms with Gasteiger partial charge in [-0.1, -0.05) is 13.8 Å². The second kappa shape index (κ2) is 4.96. The van der Waals surface area contributed by atoms with Gasteiger partial charge in [0.2, 0.25) is 0 Å². The first-order chi connectivity index (χ1) is 9.63. The van der Waals surface area contributed by atoms with E-state index in [1.807, 2.05) is 30.0 Å². The lowest BCUT2D eigenvalue weighted by Crippen LogP contribution is -2.04. The largest absolute Gasteiger partial charge is 0.363 e. The second-order valence-electron chi connectivity index (χ2n) is 5.16. The highest BCUT2D eigenvalue weighted by Crippen LogP contribution is 2.20. The van der Waals surface area contributed by atoms with Crippen molar-refractivity contribution >= 4 is 11.3 Å². The van der Waals surface area contributed by atoms with E-state index in [9.17, 15) is 0 Å². The first kappa shape index (κ1) is 12.7. The fourth-order valence-corrected chi connectivity index (χ4v) is 2.09. The molecule has 0 saturated heterocycles. The van der Waals surface area contributed by atoms with Crippen LogP contribution in [0.3, 0.4) is 0 Å². The van der Waals surface area contributed by atoms with Crippen molar-refractivity contribution in [2.75, 3.05) is 5.32 Å². The minimum atomic E-state index is 0.401. The molecule has 0 spiro atoms. The van der Waals surface area contributed by atoms with Gasteiger partial charge in [-0.25, -0.2) is 9.50 Å². The molecule has 3 heterocycles. The van der Waals surface area contributed by atoms with Crippen LogP contribution < -0.4 is 5.32 Å². The molecule has 0 fully saturated rings. The summed E-state index contributed by atoms with van der Waals surface area (Å²) >= 11 is 0. The molecule has 6 heteroatoms. The average Bonchev–Trinajstić information content (AvgIpc) is 3.02. The normalized spacial score (nSPS) is 11.4. The van der Waals surface area contributed by atoms with Crippen LogP contribution in [0.25, 0.3) is 5.52 Å². The molecule has 1 N–H and O–H groups in total. The van der Waals surface area contributed by atoms with Crippen LogP contribution in [0.15, 0.2) is 30.7 Å². The summed E-state index contributed by atoms with van der Waals surface area (Å²) in [5.74, 6) is 1.23. The van der Waals surface area contributed by atoms with Crippen molar-refractivity contribution in [3.8, 4) is 0 Å². The number of anilines is 1. The molecule has 3 aromatic heterocycles. The molecule has 0 atom stereocenters. The molecule has 0 bridgehead atoms. The number of nitrogens with zero attached hydrogens (tertiary/aromatic N) is 5. The Balaban J connectivity index is 1.87. The van der Waals surface area contributed by atoms with Crippen LogP contribution in [0, 0.1) is 0 Å². The van der Waals surface area contributed by atoms with Gasteiger partial charge >= 0.3 is 0 Å². The standard InChI is InChI=1S/C14H18N6/c1-10(2)12-8-13-14(15-5-7-20(13)18-12)16-9-11-4-6-19(3)17-11/h4-8,10H,9H2,1-3H3,(H,15,16). The van der Waals surface area contributed by atoms with E-state index in [1.165, 1.54) is 0 Å². The Morgan fingerprint density at radius 3 is 2.80 bits per heavy atom. The van der Waals surface area contributed by atoms with E-state index in [0.29, 0.717) is 12.5 Å². The van der Waals surface area contributed by atoms with Crippen LogP contribution in [0.2, 0.25) is 0 Å². The first-order valence-electron chi connectivity index (χ1n) is 6.70. The van der Waals surface area contributed by atoms with Gasteiger partial charge in [0.15, 0.2) is 5.82 Å². The van der Waals surface area contributed by atoms with Crippen molar-refractivity contribution in [1.29, 1.82) is 0 Å². The van der Waals surface area contributed by atoms with Crippen molar-refractivity contribution in [2.45, 2.75) is 26.3 Å². The van der Waals surface area contributed by atoms with Gasteiger partial charge in [0, 0.05) is 25.6 Å². The molecule has 0 aromatic carbocycles. The number of hydrogen-bond donors (Lipinski definition) is 1. The van der Waals surface area contributed by atoms with E-state index >= 15 is 0 Å². The zero-order chi connectivity index (χ0) is 14.1. The quantitative estimate of drug-likeness (QED) is 0.789. The molecule has 0 aliphatic rings. The Labute approximate surface area is 117 Å². The molecule has 3 rings (SSSR count). The SMILES string of the molecule is CC(C)c1cc2c(NCc3ccn(C)n3)nccn2n1. The molecule has 0 saturated carbocycles. The lowest BCUT2D eigenvalue weighted by molar-refractivity contribution is 0.747. The maximum Gasteiger partial charge on any atom is 0.152 e. The number of nitrogens with one attached hydrogen (secondary N) is 1. The number of aryl methyl sites for hydroxylation is 1. The predicted octanol–water partition coefficient (Wildman–Crippen LogP) is 2.20. The molecule has 20 heavy (non-hydrogen) atoms. The van der Waals surface area contributed by atoms with Gasteiger partial charge in [0.1, 0.15) is 5.52 Å². The summed E-state index contributed by atoms with van der Waals surface area (Å²) in [7, 11) is 1.91. The van der Waals surface area contributed by atoms with E-state index < -0.39 is 0 Å². The van der Waals surface area contributed by atoms with E-state index in [2.05, 4.69) is 40.4 Å². The molecule has 0 aliphatic carbocycles. The summed E-state index contributed by atoms with van der Waals surface area (Å²) in [6.45, 7) is 4.92. The summed E-state index contributed by atoms with van der Waals surface area (Å²) in [4.78, 5) is 4.39. The van der Waals surface area contributed by atoms with E-state index in [-0.39, 0.29) is 0 Å². The monoisotopic (exact) mass is 270 g/mol. The van der Waals surface area contributed by atoms with E-state index in [0.717, 1.165) is 22.7 Å². The zero-order valence-corrected chi connectivity index (χ0v) is 11.9. The Kier molecular flexibility index (Phi) is 3.14. The molecule has 0 radical (unpaired) electrons. The molecular formula is C14H18N6. The third-order valence-electron chi connectivity index (χ3n) is 3.21. The van der Waals surface area contributed by atoms with Crippen molar-refractivity contribution in [3.05, 3.63) is 42.1 Å². The van der Waals surface area contributed by atoms with Crippen LogP contribution >= 0.6 is 0 Å². The molecule has 0 unspecified atom stereocenters. The van der Waals surface area contributed by atoms with Gasteiger partial charge in [0.05, 0.1) is 17.9 Å². The highest BCUT2D eigenvalue weighted by molar-refractivity contribution is 5.67. The zero-order valence-electron chi connectivity index (χ0n) is 11.9. The average molecular weight is 270 g/mol. The second-order valence-corrected chi connectivity index (χ2v) is 5.16. The molecule has 6 nitrogen and oxygen atoms in total. The molecule has 0 amide bonds. The summed E-state index contributed by atoms with van der Waals surface area (Å²) in [6.07, 6.45) is 5.55. The van der Waals surface area contributed by atoms with Gasteiger partial charge in [-0.05, 0) is 18.1 Å². The Bertz CT molecular complexity index is 724. The van der Waals surface area contributed by atoms with Gasteiger partial charge in [-0.2, -0.15) is 10.2 Å². The predicted molar refractivity (Wildman–Crippen MR) is 77.6 cm³/mol. The first-order valence-corrected chi connectivity index (χ1v) is 6.70. The topological polar surface area (TPSA) is 60.0 Å². The Hall–Kier alpha value is -2.37. The van der Waals surface area contributed by atoms with Crippen LogP contribution in [-0.4, -0.2) is 24.4 Å². The van der Waals surface area contributed by atoms with E-state index in [1.54, 1.807) is 10.9 Å². The van der Waals surface area contributed by atoms with Gasteiger partial charge in [-0.3, -0.25) is 4.68 Å². The van der Waals surface area contributed by atoms with Crippen molar-refractivity contribution in [1.82, 2.24) is 24.4 Å². The number of aromatic nitrogens is 5. The fraction of sp³-hybridized carbons (Fsp3) is 0.357. The fourth-order valence-electron chi connectivity index (χ4n) is 2.09. The van der Waals surface area contributed by atoms with Crippen LogP contribution in [0.4, 0.5) is 5.82 Å². The van der Waals surface area contributed by atoms with Gasteiger partial charge in [0.25, 0.3) is 0 Å². The lowest BCUT2D eigenvalue weighted by atomic mass is 10.1. The summed E-state index contributed by atoms with van der Waals surface area (Å²) in [5.41, 5.74) is 3.05. The van der Waals surface area contributed by atoms with Gasteiger partial charge in [-0.15, -0.1) is 0 Å².